The van der Waals surface area contributed by atoms with Crippen LogP contribution in [-0.4, -0.2) is 42.6 Å². The zero-order valence-electron chi connectivity index (χ0n) is 10.3. The second kappa shape index (κ2) is 6.19. The molecule has 1 rings (SSSR count). The van der Waals surface area contributed by atoms with Gasteiger partial charge in [0.1, 0.15) is 4.88 Å². The molecule has 0 radical (unpaired) electrons. The standard InChI is InChI=1S/C11H14BrNO4S/c1-6-8(12)9(17-3)10(18-6)11(16)13(2)5-4-7(14)15/h4-5H2,1-3H3,(H,14,15). The fourth-order valence-electron chi connectivity index (χ4n) is 1.37. The lowest BCUT2D eigenvalue weighted by molar-refractivity contribution is -0.137. The fraction of sp³-hybridized carbons (Fsp3) is 0.455. The molecule has 1 aromatic heterocycles. The van der Waals surface area contributed by atoms with Crippen molar-refractivity contribution in [2.45, 2.75) is 13.3 Å². The smallest absolute Gasteiger partial charge is 0.305 e. The highest BCUT2D eigenvalue weighted by molar-refractivity contribution is 9.10. The molecule has 100 valence electrons. The third-order valence-corrected chi connectivity index (χ3v) is 4.67. The zero-order valence-corrected chi connectivity index (χ0v) is 12.7. The van der Waals surface area contributed by atoms with E-state index in [0.29, 0.717) is 10.6 Å². The molecule has 0 bridgehead atoms. The van der Waals surface area contributed by atoms with Gasteiger partial charge in [-0.15, -0.1) is 11.3 Å². The third kappa shape index (κ3) is 3.23. The van der Waals surface area contributed by atoms with Crippen LogP contribution in [0.25, 0.3) is 0 Å². The van der Waals surface area contributed by atoms with Crippen LogP contribution in [0.1, 0.15) is 21.0 Å². The predicted octanol–water partition coefficient (Wildman–Crippen LogP) is 2.37. The van der Waals surface area contributed by atoms with Gasteiger partial charge in [0.15, 0.2) is 5.75 Å². The van der Waals surface area contributed by atoms with E-state index >= 15 is 0 Å². The number of aliphatic carboxylic acids is 1. The summed E-state index contributed by atoms with van der Waals surface area (Å²) in [7, 11) is 3.08. The molecule has 1 heterocycles. The van der Waals surface area contributed by atoms with Gasteiger partial charge in [0, 0.05) is 18.5 Å². The van der Waals surface area contributed by atoms with Crippen LogP contribution in [0.2, 0.25) is 0 Å². The molecule has 0 saturated carbocycles. The molecule has 0 spiro atoms. The predicted molar refractivity (Wildman–Crippen MR) is 72.5 cm³/mol. The van der Waals surface area contributed by atoms with E-state index in [1.807, 2.05) is 6.92 Å². The average Bonchev–Trinajstić information content (AvgIpc) is 2.61. The van der Waals surface area contributed by atoms with Crippen LogP contribution in [0.3, 0.4) is 0 Å². The molecule has 0 saturated heterocycles. The van der Waals surface area contributed by atoms with Gasteiger partial charge < -0.3 is 14.7 Å². The molecule has 0 aromatic carbocycles. The van der Waals surface area contributed by atoms with Crippen molar-refractivity contribution in [1.29, 1.82) is 0 Å². The maximum atomic E-state index is 12.1. The van der Waals surface area contributed by atoms with Crippen LogP contribution in [0.4, 0.5) is 0 Å². The highest BCUT2D eigenvalue weighted by Gasteiger charge is 2.23. The second-order valence-corrected chi connectivity index (χ2v) is 5.72. The molecule has 18 heavy (non-hydrogen) atoms. The number of amides is 1. The zero-order chi connectivity index (χ0) is 13.9. The van der Waals surface area contributed by atoms with Gasteiger partial charge in [-0.1, -0.05) is 0 Å². The van der Waals surface area contributed by atoms with Gasteiger partial charge in [0.05, 0.1) is 18.0 Å². The average molecular weight is 336 g/mol. The van der Waals surface area contributed by atoms with Gasteiger partial charge in [-0.25, -0.2) is 0 Å². The van der Waals surface area contributed by atoms with Crippen LogP contribution < -0.4 is 4.74 Å². The van der Waals surface area contributed by atoms with Crippen molar-refractivity contribution in [3.8, 4) is 5.75 Å². The Hall–Kier alpha value is -1.08. The summed E-state index contributed by atoms with van der Waals surface area (Å²) in [5.74, 6) is -0.651. The SMILES string of the molecule is COc1c(C(=O)N(C)CCC(=O)O)sc(C)c1Br. The highest BCUT2D eigenvalue weighted by Crippen LogP contribution is 2.39. The van der Waals surface area contributed by atoms with E-state index in [1.54, 1.807) is 7.05 Å². The van der Waals surface area contributed by atoms with Crippen LogP contribution in [0.5, 0.6) is 5.75 Å². The Balaban J connectivity index is 2.89. The number of ether oxygens (including phenoxy) is 1. The van der Waals surface area contributed by atoms with Crippen molar-refractivity contribution < 1.29 is 19.4 Å². The first kappa shape index (κ1) is 15.0. The van der Waals surface area contributed by atoms with Crippen LogP contribution >= 0.6 is 27.3 Å². The first-order chi connectivity index (χ1) is 8.38. The molecule has 0 unspecified atom stereocenters. The molecule has 0 fully saturated rings. The number of hydrogen-bond donors (Lipinski definition) is 1. The first-order valence-corrected chi connectivity index (χ1v) is 6.79. The van der Waals surface area contributed by atoms with E-state index in [0.717, 1.165) is 9.35 Å². The minimum Gasteiger partial charge on any atom is -0.494 e. The van der Waals surface area contributed by atoms with E-state index in [4.69, 9.17) is 9.84 Å². The molecular formula is C11H14BrNO4S. The summed E-state index contributed by atoms with van der Waals surface area (Å²) in [6.07, 6.45) is -0.0733. The Morgan fingerprint density at radius 1 is 1.50 bits per heavy atom. The van der Waals surface area contributed by atoms with Gasteiger partial charge >= 0.3 is 5.97 Å². The summed E-state index contributed by atoms with van der Waals surface area (Å²) < 4.78 is 5.96. The Labute approximate surface area is 117 Å². The second-order valence-electron chi connectivity index (χ2n) is 3.71. The summed E-state index contributed by atoms with van der Waals surface area (Å²) in [5.41, 5.74) is 0. The van der Waals surface area contributed by atoms with Crippen LogP contribution in [0.15, 0.2) is 4.47 Å². The van der Waals surface area contributed by atoms with Crippen molar-refractivity contribution in [3.63, 3.8) is 0 Å². The number of carbonyl (C=O) groups excluding carboxylic acids is 1. The van der Waals surface area contributed by atoms with Crippen molar-refractivity contribution in [2.75, 3.05) is 20.7 Å². The number of rotatable bonds is 5. The monoisotopic (exact) mass is 335 g/mol. The number of hydrogen-bond acceptors (Lipinski definition) is 4. The summed E-state index contributed by atoms with van der Waals surface area (Å²) in [5, 5.41) is 8.60. The number of carboxylic acids is 1. The highest BCUT2D eigenvalue weighted by atomic mass is 79.9. The summed E-state index contributed by atoms with van der Waals surface area (Å²) in [6, 6.07) is 0. The van der Waals surface area contributed by atoms with Gasteiger partial charge in [-0.3, -0.25) is 9.59 Å². The van der Waals surface area contributed by atoms with Gasteiger partial charge in [0.25, 0.3) is 5.91 Å². The van der Waals surface area contributed by atoms with Gasteiger partial charge in [-0.05, 0) is 22.9 Å². The number of nitrogens with zero attached hydrogens (tertiary/aromatic N) is 1. The number of aryl methyl sites for hydroxylation is 1. The fourth-order valence-corrected chi connectivity index (χ4v) is 3.11. The van der Waals surface area contributed by atoms with Crippen molar-refractivity contribution in [3.05, 3.63) is 14.2 Å². The third-order valence-electron chi connectivity index (χ3n) is 2.38. The molecule has 0 atom stereocenters. The van der Waals surface area contributed by atoms with Crippen molar-refractivity contribution in [1.82, 2.24) is 4.90 Å². The number of halogens is 1. The maximum absolute atomic E-state index is 12.1. The lowest BCUT2D eigenvalue weighted by Gasteiger charge is -2.15. The Morgan fingerprint density at radius 2 is 2.11 bits per heavy atom. The van der Waals surface area contributed by atoms with Crippen molar-refractivity contribution in [2.24, 2.45) is 0 Å². The summed E-state index contributed by atoms with van der Waals surface area (Å²) in [4.78, 5) is 25.4. The van der Waals surface area contributed by atoms with Gasteiger partial charge in [-0.2, -0.15) is 0 Å². The topological polar surface area (TPSA) is 66.8 Å². The quantitative estimate of drug-likeness (QED) is 0.896. The number of thiophene rings is 1. The molecule has 0 aliphatic carbocycles. The Bertz CT molecular complexity index is 472. The number of methoxy groups -OCH3 is 1. The minimum atomic E-state index is -0.926. The van der Waals surface area contributed by atoms with E-state index < -0.39 is 5.97 Å². The minimum absolute atomic E-state index is 0.0733. The normalized spacial score (nSPS) is 10.2. The Morgan fingerprint density at radius 3 is 2.61 bits per heavy atom. The van der Waals surface area contributed by atoms with E-state index in [2.05, 4.69) is 15.9 Å². The molecule has 5 nitrogen and oxygen atoms in total. The Kier molecular flexibility index (Phi) is 5.15. The summed E-state index contributed by atoms with van der Waals surface area (Å²) >= 11 is 4.69. The lowest BCUT2D eigenvalue weighted by atomic mass is 10.3. The van der Waals surface area contributed by atoms with Crippen LogP contribution in [-0.2, 0) is 4.79 Å². The molecular weight excluding hydrogens is 322 g/mol. The molecule has 1 aromatic rings. The largest absolute Gasteiger partial charge is 0.494 e. The molecule has 7 heteroatoms. The summed E-state index contributed by atoms with van der Waals surface area (Å²) in [6.45, 7) is 2.05. The molecule has 1 amide bonds. The van der Waals surface area contributed by atoms with E-state index in [1.165, 1.54) is 23.3 Å². The van der Waals surface area contributed by atoms with Crippen molar-refractivity contribution >= 4 is 39.1 Å². The molecule has 0 aliphatic heterocycles. The molecule has 0 aliphatic rings. The maximum Gasteiger partial charge on any atom is 0.305 e. The molecule has 1 N–H and O–H groups in total. The van der Waals surface area contributed by atoms with E-state index in [-0.39, 0.29) is 18.9 Å². The number of carboxylic acid groups (broad SMARTS) is 1. The van der Waals surface area contributed by atoms with Crippen LogP contribution in [0, 0.1) is 6.92 Å². The van der Waals surface area contributed by atoms with E-state index in [9.17, 15) is 9.59 Å². The van der Waals surface area contributed by atoms with Gasteiger partial charge in [0.2, 0.25) is 0 Å². The first-order valence-electron chi connectivity index (χ1n) is 5.18. The number of carbonyl (C=O) groups is 2. The lowest BCUT2D eigenvalue weighted by Crippen LogP contribution is -2.28.